The smallest absolute Gasteiger partial charge is 0.0803 e. The molecule has 0 aromatic carbocycles. The van der Waals surface area contributed by atoms with Crippen LogP contribution in [-0.2, 0) is 0 Å². The molecule has 1 heterocycles. The Labute approximate surface area is 103 Å². The third-order valence-corrected chi connectivity index (χ3v) is 4.70. The molecule has 90 valence electrons. The Morgan fingerprint density at radius 1 is 1.31 bits per heavy atom. The predicted molar refractivity (Wildman–Crippen MR) is 69.9 cm³/mol. The summed E-state index contributed by atoms with van der Waals surface area (Å²) in [5.41, 5.74) is 1.17. The molecule has 1 aliphatic carbocycles. The van der Waals surface area contributed by atoms with Crippen molar-refractivity contribution in [2.45, 2.75) is 58.5 Å². The van der Waals surface area contributed by atoms with Crippen LogP contribution in [0.2, 0.25) is 0 Å². The number of aliphatic hydroxyl groups is 1. The van der Waals surface area contributed by atoms with Gasteiger partial charge in [0.05, 0.1) is 6.10 Å². The molecule has 1 unspecified atom stereocenters. The van der Waals surface area contributed by atoms with Crippen LogP contribution < -0.4 is 0 Å². The number of aryl methyl sites for hydroxylation is 2. The molecule has 1 atom stereocenters. The van der Waals surface area contributed by atoms with Gasteiger partial charge in [-0.25, -0.2) is 0 Å². The molecule has 0 bridgehead atoms. The van der Waals surface area contributed by atoms with Gasteiger partial charge in [0.1, 0.15) is 0 Å². The zero-order valence-corrected chi connectivity index (χ0v) is 11.1. The van der Waals surface area contributed by atoms with Crippen molar-refractivity contribution in [3.8, 4) is 0 Å². The maximum atomic E-state index is 10.3. The first-order chi connectivity index (χ1) is 7.66. The van der Waals surface area contributed by atoms with Gasteiger partial charge in [-0.2, -0.15) is 0 Å². The number of hydrogen-bond donors (Lipinski definition) is 1. The number of hydrogen-bond acceptors (Lipinski definition) is 2. The molecular formula is C14H22OS. The van der Waals surface area contributed by atoms with Crippen LogP contribution in [0.25, 0.3) is 0 Å². The van der Waals surface area contributed by atoms with Crippen LogP contribution in [0.1, 0.15) is 59.9 Å². The second-order valence-electron chi connectivity index (χ2n) is 5.12. The highest BCUT2D eigenvalue weighted by Crippen LogP contribution is 2.34. The Bertz CT molecular complexity index is 337. The monoisotopic (exact) mass is 238 g/mol. The van der Waals surface area contributed by atoms with Gasteiger partial charge in [0.15, 0.2) is 0 Å². The van der Waals surface area contributed by atoms with Gasteiger partial charge in [0.2, 0.25) is 0 Å². The standard InChI is InChI=1S/C14H22OS/c1-10-8-13(11(2)16-10)14(15)9-12-6-4-3-5-7-12/h8,12,14-15H,3-7,9H2,1-2H3. The third kappa shape index (κ3) is 2.86. The lowest BCUT2D eigenvalue weighted by atomic mass is 9.84. The van der Waals surface area contributed by atoms with Crippen molar-refractivity contribution < 1.29 is 5.11 Å². The van der Waals surface area contributed by atoms with Gasteiger partial charge in [0, 0.05) is 9.75 Å². The molecule has 16 heavy (non-hydrogen) atoms. The largest absolute Gasteiger partial charge is 0.388 e. The topological polar surface area (TPSA) is 20.2 Å². The van der Waals surface area contributed by atoms with Crippen LogP contribution in [-0.4, -0.2) is 5.11 Å². The average molecular weight is 238 g/mol. The van der Waals surface area contributed by atoms with E-state index in [2.05, 4.69) is 19.9 Å². The molecule has 1 aromatic heterocycles. The summed E-state index contributed by atoms with van der Waals surface area (Å²) in [4.78, 5) is 2.61. The highest BCUT2D eigenvalue weighted by molar-refractivity contribution is 7.12. The van der Waals surface area contributed by atoms with E-state index < -0.39 is 0 Å². The van der Waals surface area contributed by atoms with Crippen molar-refractivity contribution >= 4 is 11.3 Å². The van der Waals surface area contributed by atoms with Crippen LogP contribution in [0.3, 0.4) is 0 Å². The first-order valence-electron chi connectivity index (χ1n) is 6.42. The summed E-state index contributed by atoms with van der Waals surface area (Å²) in [5, 5.41) is 10.3. The van der Waals surface area contributed by atoms with Gasteiger partial charge in [0.25, 0.3) is 0 Å². The molecule has 0 spiro atoms. The molecule has 2 heteroatoms. The summed E-state index contributed by atoms with van der Waals surface area (Å²) in [5.74, 6) is 0.753. The van der Waals surface area contributed by atoms with Gasteiger partial charge < -0.3 is 5.11 Å². The highest BCUT2D eigenvalue weighted by atomic mass is 32.1. The first kappa shape index (κ1) is 12.1. The molecule has 1 nitrogen and oxygen atoms in total. The van der Waals surface area contributed by atoms with E-state index in [1.54, 1.807) is 11.3 Å². The molecule has 1 N–H and O–H groups in total. The summed E-state index contributed by atoms with van der Waals surface area (Å²) in [6, 6.07) is 2.16. The van der Waals surface area contributed by atoms with Crippen molar-refractivity contribution in [1.29, 1.82) is 0 Å². The number of aliphatic hydroxyl groups excluding tert-OH is 1. The Hall–Kier alpha value is -0.340. The summed E-state index contributed by atoms with van der Waals surface area (Å²) in [6.07, 6.45) is 7.49. The van der Waals surface area contributed by atoms with Crippen LogP contribution in [0.5, 0.6) is 0 Å². The summed E-state index contributed by atoms with van der Waals surface area (Å²) in [7, 11) is 0. The van der Waals surface area contributed by atoms with Gasteiger partial charge in [-0.15, -0.1) is 11.3 Å². The Morgan fingerprint density at radius 3 is 2.56 bits per heavy atom. The van der Waals surface area contributed by atoms with Crippen molar-refractivity contribution in [2.24, 2.45) is 5.92 Å². The minimum atomic E-state index is -0.229. The van der Waals surface area contributed by atoms with E-state index in [9.17, 15) is 5.11 Å². The Kier molecular flexibility index (Phi) is 4.04. The van der Waals surface area contributed by atoms with E-state index >= 15 is 0 Å². The van der Waals surface area contributed by atoms with E-state index in [-0.39, 0.29) is 6.10 Å². The molecule has 1 aliphatic rings. The zero-order valence-electron chi connectivity index (χ0n) is 10.3. The van der Waals surface area contributed by atoms with Crippen molar-refractivity contribution in [2.75, 3.05) is 0 Å². The summed E-state index contributed by atoms with van der Waals surface area (Å²) >= 11 is 1.80. The van der Waals surface area contributed by atoms with Crippen molar-refractivity contribution in [1.82, 2.24) is 0 Å². The van der Waals surface area contributed by atoms with E-state index in [4.69, 9.17) is 0 Å². The third-order valence-electron chi connectivity index (χ3n) is 3.72. The van der Waals surface area contributed by atoms with E-state index in [0.717, 1.165) is 12.3 Å². The molecule has 0 aliphatic heterocycles. The van der Waals surface area contributed by atoms with E-state index in [1.807, 2.05) is 0 Å². The highest BCUT2D eigenvalue weighted by Gasteiger charge is 2.20. The fourth-order valence-electron chi connectivity index (χ4n) is 2.85. The van der Waals surface area contributed by atoms with Crippen molar-refractivity contribution in [3.05, 3.63) is 21.4 Å². The molecule has 1 aromatic rings. The molecule has 0 amide bonds. The normalized spacial score (nSPS) is 19.9. The van der Waals surface area contributed by atoms with E-state index in [1.165, 1.54) is 47.4 Å². The summed E-state index contributed by atoms with van der Waals surface area (Å²) < 4.78 is 0. The second kappa shape index (κ2) is 5.33. The van der Waals surface area contributed by atoms with Crippen LogP contribution in [0, 0.1) is 19.8 Å². The predicted octanol–water partition coefficient (Wildman–Crippen LogP) is 4.37. The van der Waals surface area contributed by atoms with Gasteiger partial charge in [-0.05, 0) is 37.8 Å². The lowest BCUT2D eigenvalue weighted by molar-refractivity contribution is 0.131. The van der Waals surface area contributed by atoms with Crippen LogP contribution >= 0.6 is 11.3 Å². The zero-order chi connectivity index (χ0) is 11.5. The van der Waals surface area contributed by atoms with Gasteiger partial charge in [-0.3, -0.25) is 0 Å². The second-order valence-corrected chi connectivity index (χ2v) is 6.58. The molecule has 1 fully saturated rings. The Morgan fingerprint density at radius 2 is 2.00 bits per heavy atom. The van der Waals surface area contributed by atoms with Gasteiger partial charge in [-0.1, -0.05) is 32.1 Å². The fourth-order valence-corrected chi connectivity index (χ4v) is 3.83. The van der Waals surface area contributed by atoms with Crippen LogP contribution in [0.4, 0.5) is 0 Å². The SMILES string of the molecule is Cc1cc(C(O)CC2CCCCC2)c(C)s1. The quantitative estimate of drug-likeness (QED) is 0.829. The molecular weight excluding hydrogens is 216 g/mol. The average Bonchev–Trinajstić information content (AvgIpc) is 2.59. The molecule has 2 rings (SSSR count). The molecule has 0 radical (unpaired) electrons. The minimum absolute atomic E-state index is 0.229. The van der Waals surface area contributed by atoms with Crippen molar-refractivity contribution in [3.63, 3.8) is 0 Å². The number of rotatable bonds is 3. The Balaban J connectivity index is 1.96. The maximum absolute atomic E-state index is 10.3. The van der Waals surface area contributed by atoms with Crippen LogP contribution in [0.15, 0.2) is 6.07 Å². The van der Waals surface area contributed by atoms with E-state index in [0.29, 0.717) is 0 Å². The lowest BCUT2D eigenvalue weighted by Crippen LogP contribution is -2.11. The van der Waals surface area contributed by atoms with Gasteiger partial charge >= 0.3 is 0 Å². The first-order valence-corrected chi connectivity index (χ1v) is 7.23. The maximum Gasteiger partial charge on any atom is 0.0803 e. The minimum Gasteiger partial charge on any atom is -0.388 e. The molecule has 0 saturated heterocycles. The lowest BCUT2D eigenvalue weighted by Gasteiger charge is -2.24. The molecule has 1 saturated carbocycles. The number of thiophene rings is 1. The fraction of sp³-hybridized carbons (Fsp3) is 0.714. The summed E-state index contributed by atoms with van der Waals surface area (Å²) in [6.45, 7) is 4.24.